The first-order valence-corrected chi connectivity index (χ1v) is 9.42. The number of benzene rings is 1. The van der Waals surface area contributed by atoms with Crippen LogP contribution in [0.2, 0.25) is 0 Å². The second kappa shape index (κ2) is 8.00. The van der Waals surface area contributed by atoms with Gasteiger partial charge in [0.25, 0.3) is 11.8 Å². The third-order valence-electron chi connectivity index (χ3n) is 5.50. The minimum Gasteiger partial charge on any atom is -0.396 e. The summed E-state index contributed by atoms with van der Waals surface area (Å²) in [5.41, 5.74) is 1.19. The molecule has 0 spiro atoms. The molecule has 5 heteroatoms. The summed E-state index contributed by atoms with van der Waals surface area (Å²) in [5, 5.41) is 15.3. The summed E-state index contributed by atoms with van der Waals surface area (Å²) in [6, 6.07) is 7.15. The summed E-state index contributed by atoms with van der Waals surface area (Å²) in [6.45, 7) is 0.775. The fraction of sp³-hybridized carbons (Fsp3) is 0.600. The summed E-state index contributed by atoms with van der Waals surface area (Å²) in [5.74, 6) is -0.185. The number of carbonyl (C=O) groups excluding carboxylic acids is 2. The second-order valence-corrected chi connectivity index (χ2v) is 7.54. The van der Waals surface area contributed by atoms with Gasteiger partial charge in [0.1, 0.15) is 0 Å². The van der Waals surface area contributed by atoms with E-state index in [0.717, 1.165) is 32.1 Å². The molecule has 0 aliphatic heterocycles. The lowest BCUT2D eigenvalue weighted by atomic mass is 9.72. The first kappa shape index (κ1) is 17.9. The summed E-state index contributed by atoms with van der Waals surface area (Å²) in [4.78, 5) is 24.4. The molecule has 2 aliphatic carbocycles. The van der Waals surface area contributed by atoms with Crippen LogP contribution in [0.15, 0.2) is 24.3 Å². The number of rotatable bonds is 7. The highest BCUT2D eigenvalue weighted by atomic mass is 16.3. The average molecular weight is 344 g/mol. The molecule has 2 fully saturated rings. The molecular weight excluding hydrogens is 316 g/mol. The minimum atomic E-state index is -0.114. The first-order valence-electron chi connectivity index (χ1n) is 9.42. The van der Waals surface area contributed by atoms with Crippen molar-refractivity contribution in [1.82, 2.24) is 10.6 Å². The molecule has 0 saturated heterocycles. The summed E-state index contributed by atoms with van der Waals surface area (Å²) < 4.78 is 0. The average Bonchev–Trinajstić information content (AvgIpc) is 3.45. The predicted octanol–water partition coefficient (Wildman–Crippen LogP) is 2.64. The molecular formula is C20H28N2O3. The molecule has 2 amide bonds. The van der Waals surface area contributed by atoms with Crippen LogP contribution in [0.1, 0.15) is 72.1 Å². The Morgan fingerprint density at radius 3 is 2.16 bits per heavy atom. The van der Waals surface area contributed by atoms with Crippen LogP contribution in [0.25, 0.3) is 0 Å². The van der Waals surface area contributed by atoms with E-state index in [9.17, 15) is 14.7 Å². The van der Waals surface area contributed by atoms with E-state index in [1.54, 1.807) is 24.3 Å². The highest BCUT2D eigenvalue weighted by Crippen LogP contribution is 2.38. The standard InChI is InChI=1S/C20H28N2O3/c23-13-12-20(10-2-1-3-11-20)14-21-18(24)15-4-6-16(7-5-15)19(25)22-17-8-9-17/h4-7,17,23H,1-3,8-14H2,(H,21,24)(H,22,25). The van der Waals surface area contributed by atoms with Gasteiger partial charge in [-0.3, -0.25) is 9.59 Å². The maximum Gasteiger partial charge on any atom is 0.251 e. The van der Waals surface area contributed by atoms with E-state index in [2.05, 4.69) is 10.6 Å². The Morgan fingerprint density at radius 2 is 1.60 bits per heavy atom. The van der Waals surface area contributed by atoms with Crippen LogP contribution in [0, 0.1) is 5.41 Å². The topological polar surface area (TPSA) is 78.4 Å². The van der Waals surface area contributed by atoms with E-state index in [1.807, 2.05) is 0 Å². The third-order valence-corrected chi connectivity index (χ3v) is 5.50. The molecule has 0 heterocycles. The Kier molecular flexibility index (Phi) is 5.74. The molecule has 0 aromatic heterocycles. The number of amides is 2. The summed E-state index contributed by atoms with van der Waals surface area (Å²) in [6.07, 6.45) is 8.56. The van der Waals surface area contributed by atoms with Gasteiger partial charge < -0.3 is 15.7 Å². The van der Waals surface area contributed by atoms with Gasteiger partial charge >= 0.3 is 0 Å². The molecule has 1 aromatic carbocycles. The van der Waals surface area contributed by atoms with Gasteiger partial charge in [-0.2, -0.15) is 0 Å². The van der Waals surface area contributed by atoms with Crippen molar-refractivity contribution < 1.29 is 14.7 Å². The molecule has 3 N–H and O–H groups in total. The van der Waals surface area contributed by atoms with Crippen molar-refractivity contribution in [3.05, 3.63) is 35.4 Å². The van der Waals surface area contributed by atoms with E-state index in [-0.39, 0.29) is 23.8 Å². The summed E-state index contributed by atoms with van der Waals surface area (Å²) >= 11 is 0. The van der Waals surface area contributed by atoms with Gasteiger partial charge in [-0.25, -0.2) is 0 Å². The van der Waals surface area contributed by atoms with Gasteiger partial charge in [0.2, 0.25) is 0 Å². The zero-order valence-corrected chi connectivity index (χ0v) is 14.7. The van der Waals surface area contributed by atoms with E-state index >= 15 is 0 Å². The number of hydrogen-bond acceptors (Lipinski definition) is 3. The van der Waals surface area contributed by atoms with Crippen LogP contribution in [0.3, 0.4) is 0 Å². The molecule has 5 nitrogen and oxygen atoms in total. The maximum atomic E-state index is 12.4. The molecule has 136 valence electrons. The lowest BCUT2D eigenvalue weighted by Crippen LogP contribution is -2.39. The second-order valence-electron chi connectivity index (χ2n) is 7.54. The van der Waals surface area contributed by atoms with Crippen molar-refractivity contribution in [2.45, 2.75) is 57.4 Å². The largest absolute Gasteiger partial charge is 0.396 e. The fourth-order valence-corrected chi connectivity index (χ4v) is 3.69. The van der Waals surface area contributed by atoms with Crippen LogP contribution in [-0.4, -0.2) is 36.1 Å². The van der Waals surface area contributed by atoms with Crippen LogP contribution in [0.4, 0.5) is 0 Å². The smallest absolute Gasteiger partial charge is 0.251 e. The Labute approximate surface area is 149 Å². The Morgan fingerprint density at radius 1 is 1.00 bits per heavy atom. The molecule has 2 saturated carbocycles. The molecule has 1 aromatic rings. The van der Waals surface area contributed by atoms with Gasteiger partial charge in [-0.05, 0) is 61.8 Å². The lowest BCUT2D eigenvalue weighted by Gasteiger charge is -2.37. The monoisotopic (exact) mass is 344 g/mol. The van der Waals surface area contributed by atoms with E-state index in [0.29, 0.717) is 23.7 Å². The zero-order valence-electron chi connectivity index (χ0n) is 14.7. The highest BCUT2D eigenvalue weighted by molar-refractivity contribution is 5.98. The normalized spacial score (nSPS) is 19.2. The Hall–Kier alpha value is -1.88. The number of hydrogen-bond donors (Lipinski definition) is 3. The highest BCUT2D eigenvalue weighted by Gasteiger charge is 2.32. The molecule has 0 unspecified atom stereocenters. The minimum absolute atomic E-state index is 0.0345. The summed E-state index contributed by atoms with van der Waals surface area (Å²) in [7, 11) is 0. The van der Waals surface area contributed by atoms with Gasteiger partial charge in [0.05, 0.1) is 0 Å². The molecule has 0 radical (unpaired) electrons. The SMILES string of the molecule is O=C(NCC1(CCO)CCCCC1)c1ccc(C(=O)NC2CC2)cc1. The fourth-order valence-electron chi connectivity index (χ4n) is 3.69. The molecule has 0 bridgehead atoms. The predicted molar refractivity (Wildman–Crippen MR) is 96.5 cm³/mol. The van der Waals surface area contributed by atoms with Crippen molar-refractivity contribution in [3.63, 3.8) is 0 Å². The third kappa shape index (κ3) is 4.82. The molecule has 2 aliphatic rings. The van der Waals surface area contributed by atoms with Crippen molar-refractivity contribution in [1.29, 1.82) is 0 Å². The van der Waals surface area contributed by atoms with E-state index < -0.39 is 0 Å². The quantitative estimate of drug-likeness (QED) is 0.711. The van der Waals surface area contributed by atoms with Crippen LogP contribution in [0.5, 0.6) is 0 Å². The Bertz CT molecular complexity index is 596. The van der Waals surface area contributed by atoms with Crippen LogP contribution < -0.4 is 10.6 Å². The van der Waals surface area contributed by atoms with Crippen molar-refractivity contribution >= 4 is 11.8 Å². The maximum absolute atomic E-state index is 12.4. The van der Waals surface area contributed by atoms with Gasteiger partial charge in [-0.15, -0.1) is 0 Å². The Balaban J connectivity index is 1.55. The number of aliphatic hydroxyl groups is 1. The van der Waals surface area contributed by atoms with Crippen molar-refractivity contribution in [3.8, 4) is 0 Å². The van der Waals surface area contributed by atoms with Gasteiger partial charge in [-0.1, -0.05) is 19.3 Å². The van der Waals surface area contributed by atoms with Crippen molar-refractivity contribution in [2.24, 2.45) is 5.41 Å². The van der Waals surface area contributed by atoms with Gasteiger partial charge in [0.15, 0.2) is 0 Å². The van der Waals surface area contributed by atoms with Gasteiger partial charge in [0, 0.05) is 30.3 Å². The number of carbonyl (C=O) groups is 2. The molecule has 25 heavy (non-hydrogen) atoms. The van der Waals surface area contributed by atoms with Crippen molar-refractivity contribution in [2.75, 3.05) is 13.2 Å². The molecule has 3 rings (SSSR count). The number of aliphatic hydroxyl groups excluding tert-OH is 1. The van der Waals surface area contributed by atoms with E-state index in [4.69, 9.17) is 0 Å². The molecule has 0 atom stereocenters. The first-order chi connectivity index (χ1) is 12.1. The van der Waals surface area contributed by atoms with Crippen LogP contribution >= 0.6 is 0 Å². The zero-order chi connectivity index (χ0) is 17.7. The van der Waals surface area contributed by atoms with Crippen LogP contribution in [-0.2, 0) is 0 Å². The number of nitrogens with one attached hydrogen (secondary N) is 2. The lowest BCUT2D eigenvalue weighted by molar-refractivity contribution is 0.0868. The van der Waals surface area contributed by atoms with E-state index in [1.165, 1.54) is 19.3 Å².